The van der Waals surface area contributed by atoms with Crippen molar-refractivity contribution in [3.8, 4) is 6.07 Å². The van der Waals surface area contributed by atoms with Gasteiger partial charge in [-0.15, -0.1) is 11.3 Å². The SMILES string of the molecule is C[C@@H](NC(=O)Nc1ccc(C#N)c(Cl)c1)c1cccs1. The van der Waals surface area contributed by atoms with Gasteiger partial charge in [-0.2, -0.15) is 5.26 Å². The maximum absolute atomic E-state index is 11.9. The van der Waals surface area contributed by atoms with Crippen LogP contribution in [-0.4, -0.2) is 6.03 Å². The molecule has 2 aromatic rings. The van der Waals surface area contributed by atoms with Crippen LogP contribution in [0.1, 0.15) is 23.4 Å². The number of nitrogens with one attached hydrogen (secondary N) is 2. The molecule has 0 unspecified atom stereocenters. The van der Waals surface area contributed by atoms with Crippen molar-refractivity contribution in [1.82, 2.24) is 5.32 Å². The second kappa shape index (κ2) is 6.42. The normalized spacial score (nSPS) is 11.4. The van der Waals surface area contributed by atoms with Gasteiger partial charge in [0.15, 0.2) is 0 Å². The summed E-state index contributed by atoms with van der Waals surface area (Å²) >= 11 is 7.49. The van der Waals surface area contributed by atoms with Crippen molar-refractivity contribution >= 4 is 34.7 Å². The van der Waals surface area contributed by atoms with Gasteiger partial charge in [-0.05, 0) is 36.6 Å². The summed E-state index contributed by atoms with van der Waals surface area (Å²) in [6.07, 6.45) is 0. The van der Waals surface area contributed by atoms with Crippen LogP contribution in [0.15, 0.2) is 35.7 Å². The summed E-state index contributed by atoms with van der Waals surface area (Å²) in [7, 11) is 0. The van der Waals surface area contributed by atoms with E-state index < -0.39 is 0 Å². The minimum atomic E-state index is -0.313. The average molecular weight is 306 g/mol. The number of thiophene rings is 1. The lowest BCUT2D eigenvalue weighted by Gasteiger charge is -2.13. The lowest BCUT2D eigenvalue weighted by atomic mass is 10.2. The van der Waals surface area contributed by atoms with E-state index in [1.54, 1.807) is 29.5 Å². The van der Waals surface area contributed by atoms with Gasteiger partial charge in [0.05, 0.1) is 16.6 Å². The van der Waals surface area contributed by atoms with Crippen molar-refractivity contribution < 1.29 is 4.79 Å². The fourth-order valence-corrected chi connectivity index (χ4v) is 2.61. The third-order valence-corrected chi connectivity index (χ3v) is 4.03. The van der Waals surface area contributed by atoms with Crippen LogP contribution >= 0.6 is 22.9 Å². The van der Waals surface area contributed by atoms with Gasteiger partial charge in [0.1, 0.15) is 6.07 Å². The quantitative estimate of drug-likeness (QED) is 0.894. The summed E-state index contributed by atoms with van der Waals surface area (Å²) in [4.78, 5) is 12.9. The molecule has 0 aliphatic carbocycles. The zero-order valence-electron chi connectivity index (χ0n) is 10.7. The molecule has 0 spiro atoms. The van der Waals surface area contributed by atoms with E-state index in [1.807, 2.05) is 30.5 Å². The van der Waals surface area contributed by atoms with Crippen molar-refractivity contribution in [3.63, 3.8) is 0 Å². The Morgan fingerprint density at radius 3 is 2.85 bits per heavy atom. The monoisotopic (exact) mass is 305 g/mol. The molecule has 1 heterocycles. The second-order valence-electron chi connectivity index (χ2n) is 4.14. The number of hydrogen-bond donors (Lipinski definition) is 2. The topological polar surface area (TPSA) is 64.9 Å². The first-order valence-electron chi connectivity index (χ1n) is 5.90. The number of nitrogens with zero attached hydrogens (tertiary/aromatic N) is 1. The number of rotatable bonds is 3. The summed E-state index contributed by atoms with van der Waals surface area (Å²) in [5.74, 6) is 0. The molecule has 0 saturated carbocycles. The van der Waals surface area contributed by atoms with E-state index in [2.05, 4.69) is 10.6 Å². The Hall–Kier alpha value is -2.03. The summed E-state index contributed by atoms with van der Waals surface area (Å²) in [5.41, 5.74) is 0.925. The summed E-state index contributed by atoms with van der Waals surface area (Å²) < 4.78 is 0. The zero-order chi connectivity index (χ0) is 14.5. The molecule has 4 nitrogen and oxygen atoms in total. The number of amides is 2. The van der Waals surface area contributed by atoms with Crippen molar-refractivity contribution in [1.29, 1.82) is 5.26 Å². The molecule has 102 valence electrons. The summed E-state index contributed by atoms with van der Waals surface area (Å²) in [5, 5.41) is 16.6. The van der Waals surface area contributed by atoms with Gasteiger partial charge < -0.3 is 10.6 Å². The highest BCUT2D eigenvalue weighted by Gasteiger charge is 2.10. The van der Waals surface area contributed by atoms with E-state index in [0.29, 0.717) is 16.3 Å². The van der Waals surface area contributed by atoms with Crippen LogP contribution in [0, 0.1) is 11.3 Å². The molecule has 1 aromatic carbocycles. The van der Waals surface area contributed by atoms with Crippen LogP contribution in [0.4, 0.5) is 10.5 Å². The third-order valence-electron chi connectivity index (χ3n) is 2.66. The maximum Gasteiger partial charge on any atom is 0.319 e. The number of carbonyl (C=O) groups excluding carboxylic acids is 1. The van der Waals surface area contributed by atoms with Crippen LogP contribution in [0.2, 0.25) is 5.02 Å². The van der Waals surface area contributed by atoms with Crippen LogP contribution in [-0.2, 0) is 0 Å². The molecular formula is C14H12ClN3OS. The molecule has 0 radical (unpaired) electrons. The van der Waals surface area contributed by atoms with Gasteiger partial charge in [-0.25, -0.2) is 4.79 Å². The number of urea groups is 1. The smallest absolute Gasteiger partial charge is 0.319 e. The van der Waals surface area contributed by atoms with Gasteiger partial charge in [0.25, 0.3) is 0 Å². The first-order valence-corrected chi connectivity index (χ1v) is 7.16. The van der Waals surface area contributed by atoms with Crippen LogP contribution in [0.25, 0.3) is 0 Å². The van der Waals surface area contributed by atoms with Crippen LogP contribution in [0.3, 0.4) is 0 Å². The predicted octanol–water partition coefficient (Wildman–Crippen LogP) is 4.16. The molecule has 0 aliphatic rings. The number of nitriles is 1. The highest BCUT2D eigenvalue weighted by Crippen LogP contribution is 2.21. The first kappa shape index (κ1) is 14.4. The molecule has 2 amide bonds. The molecule has 0 aliphatic heterocycles. The molecule has 1 atom stereocenters. The molecule has 0 saturated heterocycles. The van der Waals surface area contributed by atoms with Crippen molar-refractivity contribution in [2.75, 3.05) is 5.32 Å². The third kappa shape index (κ3) is 3.50. The molecule has 2 rings (SSSR count). The number of hydrogen-bond acceptors (Lipinski definition) is 3. The second-order valence-corrected chi connectivity index (χ2v) is 5.53. The molecule has 2 N–H and O–H groups in total. The van der Waals surface area contributed by atoms with Crippen molar-refractivity contribution in [2.24, 2.45) is 0 Å². The van der Waals surface area contributed by atoms with Gasteiger partial charge in [0, 0.05) is 10.6 Å². The number of anilines is 1. The van der Waals surface area contributed by atoms with Gasteiger partial charge in [0.2, 0.25) is 0 Å². The Labute approximate surface area is 126 Å². The van der Waals surface area contributed by atoms with E-state index in [4.69, 9.17) is 16.9 Å². The fraction of sp³-hybridized carbons (Fsp3) is 0.143. The average Bonchev–Trinajstić information content (AvgIpc) is 2.92. The number of benzene rings is 1. The molecule has 1 aromatic heterocycles. The molecule has 0 fully saturated rings. The van der Waals surface area contributed by atoms with Crippen LogP contribution in [0.5, 0.6) is 0 Å². The van der Waals surface area contributed by atoms with E-state index >= 15 is 0 Å². The molecule has 6 heteroatoms. The lowest BCUT2D eigenvalue weighted by molar-refractivity contribution is 0.249. The Morgan fingerprint density at radius 1 is 1.45 bits per heavy atom. The van der Waals surface area contributed by atoms with Crippen molar-refractivity contribution in [3.05, 3.63) is 51.2 Å². The fourth-order valence-electron chi connectivity index (χ4n) is 1.66. The lowest BCUT2D eigenvalue weighted by Crippen LogP contribution is -2.30. The largest absolute Gasteiger partial charge is 0.331 e. The molecule has 20 heavy (non-hydrogen) atoms. The molecule has 0 bridgehead atoms. The number of carbonyl (C=O) groups is 1. The first-order chi connectivity index (χ1) is 9.60. The highest BCUT2D eigenvalue weighted by atomic mass is 35.5. The summed E-state index contributed by atoms with van der Waals surface area (Å²) in [6, 6.07) is 10.3. The minimum Gasteiger partial charge on any atom is -0.331 e. The Bertz CT molecular complexity index is 649. The summed E-state index contributed by atoms with van der Waals surface area (Å²) in [6.45, 7) is 1.91. The van der Waals surface area contributed by atoms with E-state index in [1.165, 1.54) is 0 Å². The van der Waals surface area contributed by atoms with E-state index in [-0.39, 0.29) is 12.1 Å². The highest BCUT2D eigenvalue weighted by molar-refractivity contribution is 7.10. The van der Waals surface area contributed by atoms with Gasteiger partial charge >= 0.3 is 6.03 Å². The standard InChI is InChI=1S/C14H12ClN3OS/c1-9(13-3-2-6-20-13)17-14(19)18-11-5-4-10(8-16)12(15)7-11/h2-7,9H,1H3,(H2,17,18,19)/t9-/m1/s1. The van der Waals surface area contributed by atoms with Gasteiger partial charge in [-0.3, -0.25) is 0 Å². The Morgan fingerprint density at radius 2 is 2.25 bits per heavy atom. The Balaban J connectivity index is 1.98. The predicted molar refractivity (Wildman–Crippen MR) is 81.1 cm³/mol. The number of halogens is 1. The molecular weight excluding hydrogens is 294 g/mol. The van der Waals surface area contributed by atoms with Crippen molar-refractivity contribution in [2.45, 2.75) is 13.0 Å². The van der Waals surface area contributed by atoms with Gasteiger partial charge in [-0.1, -0.05) is 17.7 Å². The van der Waals surface area contributed by atoms with E-state index in [9.17, 15) is 4.79 Å². The zero-order valence-corrected chi connectivity index (χ0v) is 12.3. The van der Waals surface area contributed by atoms with Crippen LogP contribution < -0.4 is 10.6 Å². The Kier molecular flexibility index (Phi) is 4.61. The maximum atomic E-state index is 11.9. The van der Waals surface area contributed by atoms with E-state index in [0.717, 1.165) is 4.88 Å². The minimum absolute atomic E-state index is 0.0659.